The van der Waals surface area contributed by atoms with Crippen LogP contribution in [0.15, 0.2) is 53.7 Å². The van der Waals surface area contributed by atoms with Crippen LogP contribution in [-0.4, -0.2) is 39.7 Å². The maximum Gasteiger partial charge on any atom is 0.191 e. The van der Waals surface area contributed by atoms with Crippen LogP contribution in [0, 0.1) is 0 Å². The number of thioether (sulfide) groups is 1. The van der Waals surface area contributed by atoms with Crippen molar-refractivity contribution < 1.29 is 8.42 Å². The highest BCUT2D eigenvalue weighted by atomic mass is 32.2. The SMILES string of the molecule is Cn1c(SCc2nc3ccccc3c3ccccc23)nnc1C1CCS(=O)(=O)C1. The van der Waals surface area contributed by atoms with E-state index in [-0.39, 0.29) is 17.4 Å². The first kappa shape index (κ1) is 18.6. The third-order valence-electron chi connectivity index (χ3n) is 5.49. The molecular formula is C21H20N4O2S2. The largest absolute Gasteiger partial charge is 0.309 e. The summed E-state index contributed by atoms with van der Waals surface area (Å²) in [6.45, 7) is 0. The van der Waals surface area contributed by atoms with Gasteiger partial charge in [-0.05, 0) is 17.9 Å². The number of para-hydroxylation sites is 1. The lowest BCUT2D eigenvalue weighted by molar-refractivity contribution is 0.599. The van der Waals surface area contributed by atoms with Gasteiger partial charge in [0.2, 0.25) is 0 Å². The Bertz CT molecular complexity index is 1330. The van der Waals surface area contributed by atoms with Gasteiger partial charge >= 0.3 is 0 Å². The first-order valence-corrected chi connectivity index (χ1v) is 12.3. The van der Waals surface area contributed by atoms with Gasteiger partial charge in [0.1, 0.15) is 5.82 Å². The second-order valence-electron chi connectivity index (χ2n) is 7.41. The molecule has 1 saturated heterocycles. The minimum absolute atomic E-state index is 0.0634. The molecule has 0 N–H and O–H groups in total. The van der Waals surface area contributed by atoms with Crippen LogP contribution in [0.5, 0.6) is 0 Å². The van der Waals surface area contributed by atoms with E-state index in [1.165, 1.54) is 5.39 Å². The van der Waals surface area contributed by atoms with Gasteiger partial charge in [0.15, 0.2) is 15.0 Å². The molecule has 29 heavy (non-hydrogen) atoms. The summed E-state index contributed by atoms with van der Waals surface area (Å²) in [5, 5.41) is 12.9. The fourth-order valence-electron chi connectivity index (χ4n) is 4.02. The van der Waals surface area contributed by atoms with Crippen molar-refractivity contribution in [3.63, 3.8) is 0 Å². The van der Waals surface area contributed by atoms with Crippen LogP contribution in [0.3, 0.4) is 0 Å². The molecule has 1 aliphatic heterocycles. The normalized spacial score (nSPS) is 18.6. The molecule has 0 amide bonds. The van der Waals surface area contributed by atoms with Crippen LogP contribution in [0.1, 0.15) is 23.9 Å². The lowest BCUT2D eigenvalue weighted by Gasteiger charge is -2.10. The molecule has 1 unspecified atom stereocenters. The molecule has 0 saturated carbocycles. The predicted molar refractivity (Wildman–Crippen MR) is 116 cm³/mol. The molecule has 8 heteroatoms. The summed E-state index contributed by atoms with van der Waals surface area (Å²) in [4.78, 5) is 4.89. The van der Waals surface area contributed by atoms with Gasteiger partial charge in [0.05, 0.1) is 22.7 Å². The Morgan fingerprint density at radius 1 is 1.03 bits per heavy atom. The topological polar surface area (TPSA) is 77.7 Å². The van der Waals surface area contributed by atoms with Gasteiger partial charge in [-0.2, -0.15) is 0 Å². The number of pyridine rings is 1. The number of rotatable bonds is 4. The Hall–Kier alpha value is -2.45. The average Bonchev–Trinajstić information content (AvgIpc) is 3.27. The summed E-state index contributed by atoms with van der Waals surface area (Å²) in [7, 11) is -1.04. The second kappa shape index (κ2) is 7.11. The number of nitrogens with zero attached hydrogens (tertiary/aromatic N) is 4. The number of hydrogen-bond acceptors (Lipinski definition) is 6. The summed E-state index contributed by atoms with van der Waals surface area (Å²) < 4.78 is 25.5. The minimum Gasteiger partial charge on any atom is -0.309 e. The van der Waals surface area contributed by atoms with E-state index in [0.717, 1.165) is 33.0 Å². The molecule has 5 rings (SSSR count). The van der Waals surface area contributed by atoms with E-state index in [1.807, 2.05) is 35.9 Å². The zero-order chi connectivity index (χ0) is 20.0. The van der Waals surface area contributed by atoms with Crippen LogP contribution in [-0.2, 0) is 22.6 Å². The van der Waals surface area contributed by atoms with Gasteiger partial charge in [-0.25, -0.2) is 8.42 Å². The Balaban J connectivity index is 1.45. The molecule has 0 aliphatic carbocycles. The van der Waals surface area contributed by atoms with Crippen molar-refractivity contribution in [2.24, 2.45) is 7.05 Å². The third kappa shape index (κ3) is 3.40. The number of sulfone groups is 1. The quantitative estimate of drug-likeness (QED) is 0.367. The second-order valence-corrected chi connectivity index (χ2v) is 10.6. The van der Waals surface area contributed by atoms with Gasteiger partial charge in [-0.3, -0.25) is 4.98 Å². The Kier molecular flexibility index (Phi) is 4.55. The van der Waals surface area contributed by atoms with Crippen LogP contribution >= 0.6 is 11.8 Å². The standard InChI is InChI=1S/C21H20N4O2S2/c1-25-20(14-10-11-29(26,27)13-14)23-24-21(25)28-12-19-17-8-3-2-6-15(17)16-7-4-5-9-18(16)22-19/h2-9,14H,10-13H2,1H3. The fourth-order valence-corrected chi connectivity index (χ4v) is 6.63. The van der Waals surface area contributed by atoms with E-state index in [2.05, 4.69) is 34.5 Å². The molecule has 1 atom stereocenters. The molecule has 0 radical (unpaired) electrons. The van der Waals surface area contributed by atoms with E-state index < -0.39 is 9.84 Å². The molecule has 0 spiro atoms. The Labute approximate surface area is 173 Å². The van der Waals surface area contributed by atoms with Crippen molar-refractivity contribution in [1.29, 1.82) is 0 Å². The van der Waals surface area contributed by atoms with E-state index in [1.54, 1.807) is 11.8 Å². The van der Waals surface area contributed by atoms with Crippen molar-refractivity contribution in [3.8, 4) is 0 Å². The van der Waals surface area contributed by atoms with Crippen molar-refractivity contribution >= 4 is 43.3 Å². The smallest absolute Gasteiger partial charge is 0.191 e. The van der Waals surface area contributed by atoms with Gasteiger partial charge in [-0.15, -0.1) is 10.2 Å². The lowest BCUT2D eigenvalue weighted by Crippen LogP contribution is -2.09. The molecule has 2 aromatic heterocycles. The molecule has 1 fully saturated rings. The van der Waals surface area contributed by atoms with Crippen molar-refractivity contribution in [2.75, 3.05) is 11.5 Å². The molecule has 4 aromatic rings. The molecule has 3 heterocycles. The van der Waals surface area contributed by atoms with Crippen LogP contribution < -0.4 is 0 Å². The van der Waals surface area contributed by atoms with Gasteiger partial charge in [0, 0.05) is 29.5 Å². The predicted octanol–water partition coefficient (Wildman–Crippen LogP) is 3.71. The highest BCUT2D eigenvalue weighted by molar-refractivity contribution is 7.98. The summed E-state index contributed by atoms with van der Waals surface area (Å²) >= 11 is 1.58. The first-order chi connectivity index (χ1) is 14.0. The molecular weight excluding hydrogens is 404 g/mol. The number of hydrogen-bond donors (Lipinski definition) is 0. The molecule has 0 bridgehead atoms. The number of benzene rings is 2. The van der Waals surface area contributed by atoms with Gasteiger partial charge in [-0.1, -0.05) is 54.2 Å². The van der Waals surface area contributed by atoms with Crippen LogP contribution in [0.25, 0.3) is 21.7 Å². The molecule has 1 aliphatic rings. The maximum absolute atomic E-state index is 11.8. The van der Waals surface area contributed by atoms with Crippen molar-refractivity contribution in [1.82, 2.24) is 19.7 Å². The summed E-state index contributed by atoms with van der Waals surface area (Å²) in [6, 6.07) is 16.5. The average molecular weight is 425 g/mol. The molecule has 148 valence electrons. The zero-order valence-electron chi connectivity index (χ0n) is 15.9. The molecule has 2 aromatic carbocycles. The first-order valence-electron chi connectivity index (χ1n) is 9.51. The van der Waals surface area contributed by atoms with Crippen LogP contribution in [0.2, 0.25) is 0 Å². The van der Waals surface area contributed by atoms with E-state index in [0.29, 0.717) is 12.2 Å². The summed E-state index contributed by atoms with van der Waals surface area (Å²) in [6.07, 6.45) is 0.621. The molecule has 6 nitrogen and oxygen atoms in total. The highest BCUT2D eigenvalue weighted by Gasteiger charge is 2.32. The number of aromatic nitrogens is 4. The number of fused-ring (bicyclic) bond motifs is 3. The maximum atomic E-state index is 11.8. The van der Waals surface area contributed by atoms with E-state index in [4.69, 9.17) is 4.98 Å². The van der Waals surface area contributed by atoms with Gasteiger partial charge in [0.25, 0.3) is 0 Å². The Morgan fingerprint density at radius 3 is 2.52 bits per heavy atom. The van der Waals surface area contributed by atoms with E-state index in [9.17, 15) is 8.42 Å². The van der Waals surface area contributed by atoms with Crippen molar-refractivity contribution in [2.45, 2.75) is 23.2 Å². The third-order valence-corrected chi connectivity index (χ3v) is 8.29. The minimum atomic E-state index is -2.95. The monoisotopic (exact) mass is 424 g/mol. The summed E-state index contributed by atoms with van der Waals surface area (Å²) in [5.74, 6) is 1.76. The highest BCUT2D eigenvalue weighted by Crippen LogP contribution is 2.32. The van der Waals surface area contributed by atoms with Crippen LogP contribution in [0.4, 0.5) is 0 Å². The summed E-state index contributed by atoms with van der Waals surface area (Å²) in [5.41, 5.74) is 1.99. The fraction of sp³-hybridized carbons (Fsp3) is 0.286. The zero-order valence-corrected chi connectivity index (χ0v) is 17.6. The Morgan fingerprint density at radius 2 is 1.76 bits per heavy atom. The van der Waals surface area contributed by atoms with Crippen molar-refractivity contribution in [3.05, 3.63) is 60.0 Å². The van der Waals surface area contributed by atoms with E-state index >= 15 is 0 Å². The van der Waals surface area contributed by atoms with Gasteiger partial charge < -0.3 is 4.57 Å². The lowest BCUT2D eigenvalue weighted by atomic mass is 10.0.